The van der Waals surface area contributed by atoms with Crippen molar-refractivity contribution in [3.63, 3.8) is 0 Å². The number of nitrogens with zero attached hydrogens (tertiary/aromatic N) is 1. The fraction of sp³-hybridized carbons (Fsp3) is 0.333. The second kappa shape index (κ2) is 7.42. The molecule has 1 N–H and O–H groups in total. The second-order valence-corrected chi connectivity index (χ2v) is 7.79. The van der Waals surface area contributed by atoms with Gasteiger partial charge >= 0.3 is 0 Å². The van der Waals surface area contributed by atoms with Crippen molar-refractivity contribution in [3.8, 4) is 11.4 Å². The topological polar surface area (TPSA) is 20.7 Å². The molecule has 4 aromatic rings. The Hall–Kier alpha value is -2.62. The van der Waals surface area contributed by atoms with E-state index in [0.717, 1.165) is 39.6 Å². The maximum absolute atomic E-state index is 14.0. The molecule has 2 aromatic heterocycles. The van der Waals surface area contributed by atoms with Crippen molar-refractivity contribution in [3.05, 3.63) is 59.7 Å². The van der Waals surface area contributed by atoms with Crippen LogP contribution in [0.2, 0.25) is 0 Å². The van der Waals surface area contributed by atoms with Crippen LogP contribution in [0.5, 0.6) is 0 Å². The number of fused-ring (bicyclic) bond motifs is 2. The number of H-pyrrole nitrogens is 1. The summed E-state index contributed by atoms with van der Waals surface area (Å²) in [6, 6.07) is 11.9. The van der Waals surface area contributed by atoms with E-state index in [2.05, 4.69) is 29.5 Å². The third kappa shape index (κ3) is 3.21. The van der Waals surface area contributed by atoms with Crippen LogP contribution in [-0.2, 0) is 7.05 Å². The summed E-state index contributed by atoms with van der Waals surface area (Å²) in [5.41, 5.74) is 4.90. The van der Waals surface area contributed by atoms with E-state index in [0.29, 0.717) is 5.92 Å². The minimum atomic E-state index is -0.256. The quantitative estimate of drug-likeness (QED) is 0.339. The van der Waals surface area contributed by atoms with Crippen molar-refractivity contribution in [2.45, 2.75) is 45.4 Å². The number of aromatic nitrogens is 2. The van der Waals surface area contributed by atoms with Crippen LogP contribution in [0, 0.1) is 11.6 Å². The lowest BCUT2D eigenvalue weighted by molar-refractivity contribution is 0.600. The van der Waals surface area contributed by atoms with Gasteiger partial charge in [-0.2, -0.15) is 0 Å². The van der Waals surface area contributed by atoms with E-state index < -0.39 is 0 Å². The summed E-state index contributed by atoms with van der Waals surface area (Å²) in [6.45, 7) is 4.46. The van der Waals surface area contributed by atoms with Crippen LogP contribution in [0.4, 0.5) is 8.78 Å². The molecule has 0 saturated carbocycles. The van der Waals surface area contributed by atoms with E-state index in [1.54, 1.807) is 12.1 Å². The Bertz CT molecular complexity index is 1140. The van der Waals surface area contributed by atoms with Gasteiger partial charge in [0.25, 0.3) is 0 Å². The first-order valence-corrected chi connectivity index (χ1v) is 10.1. The number of halogens is 2. The number of aryl methyl sites for hydroxylation is 1. The molecular weight excluding hydrogens is 354 g/mol. The second-order valence-electron chi connectivity index (χ2n) is 7.79. The van der Waals surface area contributed by atoms with Crippen molar-refractivity contribution in [2.24, 2.45) is 7.05 Å². The van der Waals surface area contributed by atoms with Gasteiger partial charge in [0.2, 0.25) is 0 Å². The summed E-state index contributed by atoms with van der Waals surface area (Å²) in [7, 11) is 1.98. The molecule has 0 bridgehead atoms. The summed E-state index contributed by atoms with van der Waals surface area (Å²) in [4.78, 5) is 3.38. The largest absolute Gasteiger partial charge is 0.353 e. The molecule has 0 aliphatic carbocycles. The third-order valence-electron chi connectivity index (χ3n) is 5.77. The van der Waals surface area contributed by atoms with Crippen LogP contribution in [-0.4, -0.2) is 9.55 Å². The first kappa shape index (κ1) is 18.7. The normalized spacial score (nSPS) is 12.9. The average molecular weight is 380 g/mol. The van der Waals surface area contributed by atoms with Gasteiger partial charge in [0.05, 0.1) is 16.9 Å². The van der Waals surface area contributed by atoms with Gasteiger partial charge in [-0.15, -0.1) is 0 Å². The predicted molar refractivity (Wildman–Crippen MR) is 113 cm³/mol. The summed E-state index contributed by atoms with van der Waals surface area (Å²) in [5.74, 6) is -0.143. The van der Waals surface area contributed by atoms with Crippen LogP contribution in [0.3, 0.4) is 0 Å². The average Bonchev–Trinajstić information content (AvgIpc) is 3.20. The maximum Gasteiger partial charge on any atom is 0.125 e. The number of unbranched alkanes of at least 4 members (excludes halogenated alkanes) is 2. The summed E-state index contributed by atoms with van der Waals surface area (Å²) < 4.78 is 29.7. The van der Waals surface area contributed by atoms with Crippen molar-refractivity contribution in [2.75, 3.05) is 0 Å². The Morgan fingerprint density at radius 1 is 1.00 bits per heavy atom. The van der Waals surface area contributed by atoms with E-state index in [9.17, 15) is 8.78 Å². The van der Waals surface area contributed by atoms with Gasteiger partial charge in [-0.05, 0) is 60.4 Å². The van der Waals surface area contributed by atoms with Gasteiger partial charge in [0.1, 0.15) is 11.6 Å². The molecule has 4 heteroatoms. The van der Waals surface area contributed by atoms with Gasteiger partial charge in [0, 0.05) is 23.3 Å². The minimum absolute atomic E-state index is 0.233. The molecule has 0 radical (unpaired) electrons. The van der Waals surface area contributed by atoms with Gasteiger partial charge in [-0.25, -0.2) is 8.78 Å². The molecule has 0 aliphatic rings. The molecule has 0 saturated heterocycles. The summed E-state index contributed by atoms with van der Waals surface area (Å²) in [6.07, 6.45) is 4.66. The molecule has 1 atom stereocenters. The van der Waals surface area contributed by atoms with Crippen LogP contribution in [0.25, 0.3) is 33.2 Å². The minimum Gasteiger partial charge on any atom is -0.353 e. The summed E-state index contributed by atoms with van der Waals surface area (Å²) in [5, 5.41) is 2.06. The van der Waals surface area contributed by atoms with Crippen LogP contribution < -0.4 is 0 Å². The number of hydrogen-bond donors (Lipinski definition) is 1. The molecule has 0 fully saturated rings. The monoisotopic (exact) mass is 380 g/mol. The Morgan fingerprint density at radius 3 is 2.54 bits per heavy atom. The number of rotatable bonds is 6. The Kier molecular flexibility index (Phi) is 4.96. The molecule has 2 heterocycles. The SMILES string of the molecule is CCCCCC(C)c1c(-c2cc3ccc(F)cc3[nH]2)n(C)c2cc(F)ccc12. The highest BCUT2D eigenvalue weighted by molar-refractivity contribution is 5.94. The Labute approximate surface area is 164 Å². The molecule has 0 aliphatic heterocycles. The fourth-order valence-electron chi connectivity index (χ4n) is 4.34. The molecule has 4 rings (SSSR count). The van der Waals surface area contributed by atoms with Crippen molar-refractivity contribution in [1.29, 1.82) is 0 Å². The van der Waals surface area contributed by atoms with E-state index >= 15 is 0 Å². The molecule has 0 spiro atoms. The molecule has 28 heavy (non-hydrogen) atoms. The first-order chi connectivity index (χ1) is 13.5. The molecule has 1 unspecified atom stereocenters. The zero-order chi connectivity index (χ0) is 19.8. The number of benzene rings is 2. The highest BCUT2D eigenvalue weighted by Crippen LogP contribution is 2.40. The lowest BCUT2D eigenvalue weighted by Crippen LogP contribution is -1.99. The van der Waals surface area contributed by atoms with Gasteiger partial charge in [0.15, 0.2) is 0 Å². The van der Waals surface area contributed by atoms with Crippen LogP contribution >= 0.6 is 0 Å². The third-order valence-corrected chi connectivity index (χ3v) is 5.77. The highest BCUT2D eigenvalue weighted by atomic mass is 19.1. The Morgan fingerprint density at radius 2 is 1.75 bits per heavy atom. The molecule has 146 valence electrons. The van der Waals surface area contributed by atoms with E-state index in [1.807, 2.05) is 13.1 Å². The lowest BCUT2D eigenvalue weighted by atomic mass is 9.91. The van der Waals surface area contributed by atoms with Crippen LogP contribution in [0.1, 0.15) is 51.0 Å². The number of nitrogens with one attached hydrogen (secondary N) is 1. The van der Waals surface area contributed by atoms with Gasteiger partial charge < -0.3 is 9.55 Å². The summed E-state index contributed by atoms with van der Waals surface area (Å²) >= 11 is 0. The predicted octanol–water partition coefficient (Wildman–Crippen LogP) is 7.29. The highest BCUT2D eigenvalue weighted by Gasteiger charge is 2.22. The standard InChI is InChI=1S/C24H26F2N2/c1-4-5-6-7-15(2)23-19-11-10-18(26)14-22(19)28(3)24(23)21-12-16-8-9-17(25)13-20(16)27-21/h8-15,27H,4-7H2,1-3H3. The number of hydrogen-bond acceptors (Lipinski definition) is 0. The van der Waals surface area contributed by atoms with E-state index in [-0.39, 0.29) is 11.6 Å². The van der Waals surface area contributed by atoms with Gasteiger partial charge in [-0.3, -0.25) is 0 Å². The zero-order valence-electron chi connectivity index (χ0n) is 16.7. The lowest BCUT2D eigenvalue weighted by Gasteiger charge is -2.14. The zero-order valence-corrected chi connectivity index (χ0v) is 16.7. The van der Waals surface area contributed by atoms with Crippen LogP contribution in [0.15, 0.2) is 42.5 Å². The molecular formula is C24H26F2N2. The van der Waals surface area contributed by atoms with Crippen molar-refractivity contribution < 1.29 is 8.78 Å². The molecule has 0 amide bonds. The fourth-order valence-corrected chi connectivity index (χ4v) is 4.34. The number of aromatic amines is 1. The Balaban J connectivity index is 1.92. The molecule has 2 nitrogen and oxygen atoms in total. The van der Waals surface area contributed by atoms with E-state index in [1.165, 1.54) is 43.0 Å². The molecule has 2 aromatic carbocycles. The maximum atomic E-state index is 14.0. The first-order valence-electron chi connectivity index (χ1n) is 10.1. The van der Waals surface area contributed by atoms with E-state index in [4.69, 9.17) is 0 Å². The van der Waals surface area contributed by atoms with Gasteiger partial charge in [-0.1, -0.05) is 33.1 Å². The van der Waals surface area contributed by atoms with Crippen molar-refractivity contribution >= 4 is 21.8 Å². The van der Waals surface area contributed by atoms with Crippen molar-refractivity contribution in [1.82, 2.24) is 9.55 Å². The smallest absolute Gasteiger partial charge is 0.125 e.